The summed E-state index contributed by atoms with van der Waals surface area (Å²) in [4.78, 5) is 30.6. The molecular formula is C45H40BIN6O6S6. The summed E-state index contributed by atoms with van der Waals surface area (Å²) in [6.07, 6.45) is 5.41. The molecule has 332 valence electrons. The van der Waals surface area contributed by atoms with Gasteiger partial charge in [-0.05, 0) is 164 Å². The van der Waals surface area contributed by atoms with Gasteiger partial charge in [0.05, 0.1) is 19.0 Å². The average Bonchev–Trinajstić information content (AvgIpc) is 4.15. The van der Waals surface area contributed by atoms with E-state index in [1.807, 2.05) is 98.9 Å². The number of aryl methyl sites for hydroxylation is 6. The molecule has 0 aliphatic heterocycles. The summed E-state index contributed by atoms with van der Waals surface area (Å²) in [7, 11) is -1.30. The highest BCUT2D eigenvalue weighted by Crippen LogP contribution is 2.39. The number of thiophene rings is 3. The number of nitrogen functional groups attached to an aromatic ring is 1. The number of hydrogen-bond acceptors (Lipinski definition) is 16. The fourth-order valence-electron chi connectivity index (χ4n) is 6.31. The van der Waals surface area contributed by atoms with Crippen molar-refractivity contribution in [3.8, 4) is 54.3 Å². The molecule has 0 atom stereocenters. The molecule has 4 N–H and O–H groups in total. The van der Waals surface area contributed by atoms with Gasteiger partial charge in [0.25, 0.3) is 11.4 Å². The Morgan fingerprint density at radius 1 is 0.538 bits per heavy atom. The Labute approximate surface area is 413 Å². The number of nitrogens with zero attached hydrogens (tertiary/aromatic N) is 5. The van der Waals surface area contributed by atoms with Crippen molar-refractivity contribution in [1.29, 1.82) is 0 Å². The maximum atomic E-state index is 11.4. The number of benzene rings is 3. The van der Waals surface area contributed by atoms with Crippen LogP contribution >= 0.6 is 91.2 Å². The molecule has 0 bridgehead atoms. The van der Waals surface area contributed by atoms with Gasteiger partial charge >= 0.3 is 7.12 Å². The number of anilines is 1. The zero-order valence-electron chi connectivity index (χ0n) is 35.6. The van der Waals surface area contributed by atoms with Crippen LogP contribution < -0.4 is 10.5 Å². The second-order valence-electron chi connectivity index (χ2n) is 14.2. The van der Waals surface area contributed by atoms with E-state index in [1.54, 1.807) is 59.3 Å². The fourth-order valence-corrected chi connectivity index (χ4v) is 11.2. The monoisotopic (exact) mass is 1090 g/mol. The highest BCUT2D eigenvalue weighted by Gasteiger charge is 2.19. The highest BCUT2D eigenvalue weighted by molar-refractivity contribution is 14.1. The second-order valence-corrected chi connectivity index (χ2v) is 22.3. The molecule has 0 fully saturated rings. The minimum Gasteiger partial charge on any atom is -0.423 e. The molecule has 0 radical (unpaired) electrons. The molecule has 9 rings (SSSR count). The molecule has 0 saturated heterocycles. The maximum absolute atomic E-state index is 11.4. The fraction of sp³-hybridized carbons (Fsp3) is 0.133. The van der Waals surface area contributed by atoms with Crippen molar-refractivity contribution in [1.82, 2.24) is 13.1 Å². The van der Waals surface area contributed by atoms with Crippen molar-refractivity contribution in [2.75, 3.05) is 5.73 Å². The number of nitrogens with two attached hydrogens (primary N) is 1. The third-order valence-corrected chi connectivity index (χ3v) is 15.7. The molecule has 0 spiro atoms. The molecule has 12 nitrogen and oxygen atoms in total. The molecule has 6 heterocycles. The molecule has 3 aromatic carbocycles. The quantitative estimate of drug-likeness (QED) is 0.0434. The van der Waals surface area contributed by atoms with Gasteiger partial charge in [-0.1, -0.05) is 30.3 Å². The van der Waals surface area contributed by atoms with Gasteiger partial charge < -0.3 is 15.8 Å². The number of halogens is 1. The minimum absolute atomic E-state index is 0.139. The Morgan fingerprint density at radius 3 is 1.32 bits per heavy atom. The van der Waals surface area contributed by atoms with E-state index in [-0.39, 0.29) is 21.2 Å². The van der Waals surface area contributed by atoms with Crippen LogP contribution in [-0.4, -0.2) is 40.1 Å². The topological polar surface area (TPSA) is 191 Å². The number of rotatable bonds is 8. The molecule has 0 unspecified atom stereocenters. The number of nitro groups is 2. The van der Waals surface area contributed by atoms with Crippen molar-refractivity contribution in [3.63, 3.8) is 0 Å². The molecule has 6 aromatic heterocycles. The number of nitro benzene ring substituents is 2. The van der Waals surface area contributed by atoms with Gasteiger partial charge in [0.2, 0.25) is 0 Å². The van der Waals surface area contributed by atoms with Gasteiger partial charge in [0, 0.05) is 102 Å². The molecule has 65 heavy (non-hydrogen) atoms. The van der Waals surface area contributed by atoms with Crippen LogP contribution in [0.4, 0.5) is 17.1 Å². The zero-order chi connectivity index (χ0) is 46.9. The number of hydrogen-bond donors (Lipinski definition) is 3. The molecule has 0 amide bonds. The minimum atomic E-state index is -1.30. The largest absolute Gasteiger partial charge is 0.499 e. The van der Waals surface area contributed by atoms with Crippen LogP contribution in [0.5, 0.6) is 0 Å². The van der Waals surface area contributed by atoms with Gasteiger partial charge in [0.1, 0.15) is 0 Å². The van der Waals surface area contributed by atoms with Crippen LogP contribution in [0.3, 0.4) is 0 Å². The SMILES string of the molecule is Cc1ccc(-c2ccc(-c3cnsc3C)cc2N)s1.Cc1ccc(-c2ccc(-c3cnsc3C)cc2[N+](=O)[O-])s1.Cc1ccc(B(O)O)s1.Cc1sncc1-c1ccc(I)c([N+](=O)[O-])c1. The normalized spacial score (nSPS) is 10.5. The first kappa shape index (κ1) is 49.4. The predicted octanol–water partition coefficient (Wildman–Crippen LogP) is 13.2. The average molecular weight is 1090 g/mol. The number of aromatic nitrogens is 3. The van der Waals surface area contributed by atoms with Crippen LogP contribution in [0.15, 0.2) is 110 Å². The lowest BCUT2D eigenvalue weighted by atomic mass is 9.90. The summed E-state index contributed by atoms with van der Waals surface area (Å²) in [5, 5.41) is 39.4. The third kappa shape index (κ3) is 12.7. The van der Waals surface area contributed by atoms with Crippen LogP contribution in [-0.2, 0) is 0 Å². The van der Waals surface area contributed by atoms with Crippen LogP contribution in [0.1, 0.15) is 29.3 Å². The lowest BCUT2D eigenvalue weighted by molar-refractivity contribution is -0.385. The lowest BCUT2D eigenvalue weighted by Gasteiger charge is -2.06. The van der Waals surface area contributed by atoms with E-state index in [4.69, 9.17) is 15.8 Å². The van der Waals surface area contributed by atoms with E-state index in [0.717, 1.165) is 63.5 Å². The van der Waals surface area contributed by atoms with Crippen molar-refractivity contribution in [2.24, 2.45) is 0 Å². The second kappa shape index (κ2) is 22.4. The van der Waals surface area contributed by atoms with Gasteiger partial charge in [0.15, 0.2) is 0 Å². The van der Waals surface area contributed by atoms with Gasteiger partial charge in [-0.2, -0.15) is 0 Å². The Balaban J connectivity index is 0.000000149. The summed E-state index contributed by atoms with van der Waals surface area (Å²) >= 11 is 11.0. The van der Waals surface area contributed by atoms with Gasteiger partial charge in [-0.25, -0.2) is 13.1 Å². The molecule has 9 aromatic rings. The lowest BCUT2D eigenvalue weighted by Crippen LogP contribution is -2.26. The van der Waals surface area contributed by atoms with Crippen LogP contribution in [0.25, 0.3) is 54.3 Å². The maximum Gasteiger partial charge on any atom is 0.499 e. The molecular weight excluding hydrogens is 1050 g/mol. The predicted molar refractivity (Wildman–Crippen MR) is 282 cm³/mol. The molecule has 0 aliphatic rings. The van der Waals surface area contributed by atoms with Gasteiger partial charge in [-0.15, -0.1) is 34.0 Å². The van der Waals surface area contributed by atoms with Crippen LogP contribution in [0, 0.1) is 65.3 Å². The molecule has 0 saturated carbocycles. The van der Waals surface area contributed by atoms with E-state index in [1.165, 1.54) is 66.1 Å². The smallest absolute Gasteiger partial charge is 0.423 e. The first-order chi connectivity index (χ1) is 31.0. The van der Waals surface area contributed by atoms with Crippen molar-refractivity contribution < 1.29 is 19.9 Å². The summed E-state index contributed by atoms with van der Waals surface area (Å²) in [6, 6.07) is 28.6. The van der Waals surface area contributed by atoms with E-state index in [0.29, 0.717) is 13.9 Å². The van der Waals surface area contributed by atoms with E-state index in [9.17, 15) is 20.2 Å². The summed E-state index contributed by atoms with van der Waals surface area (Å²) in [5.74, 6) is 0. The van der Waals surface area contributed by atoms with Crippen molar-refractivity contribution in [2.45, 2.75) is 41.5 Å². The summed E-state index contributed by atoms with van der Waals surface area (Å²) < 4.78 is 13.7. The third-order valence-electron chi connectivity index (χ3n) is 9.60. The van der Waals surface area contributed by atoms with Crippen molar-refractivity contribution >= 4 is 120 Å². The van der Waals surface area contributed by atoms with Gasteiger partial charge in [-0.3, -0.25) is 20.2 Å². The highest BCUT2D eigenvalue weighted by atomic mass is 127. The Bertz CT molecular complexity index is 3080. The van der Waals surface area contributed by atoms with E-state index in [2.05, 4.69) is 51.2 Å². The zero-order valence-corrected chi connectivity index (χ0v) is 42.7. The standard InChI is InChI=1S/C15H12N2O2S2.C15H14N2S2.C10H7IN2O2S.C5H7BO2S/c1-9-3-6-15(20-9)12-5-4-11(7-14(12)17(18)19)13-8-16-21-10(13)2;1-9-3-6-15(18-9)12-5-4-11(7-14(12)16)13-8-17-19-10(13)2;1-6-8(5-12-16-6)7-2-3-9(11)10(4-7)13(14)15;1-4-2-3-5(9-4)6(7)8/h3-8H,1-2H3;3-8H,16H2,1-2H3;2-5H,1H3;2-3,7-8H,1H3. The summed E-state index contributed by atoms with van der Waals surface area (Å²) in [6.45, 7) is 12.0. The first-order valence-corrected chi connectivity index (χ1v) is 25.3. The Kier molecular flexibility index (Phi) is 17.1. The molecule has 0 aliphatic carbocycles. The Morgan fingerprint density at radius 2 is 0.954 bits per heavy atom. The van der Waals surface area contributed by atoms with Crippen LogP contribution in [0.2, 0.25) is 0 Å². The summed E-state index contributed by atoms with van der Waals surface area (Å²) in [5.41, 5.74) is 15.0. The van der Waals surface area contributed by atoms with E-state index < -0.39 is 7.12 Å². The Hall–Kier alpha value is -5.04. The van der Waals surface area contributed by atoms with Crippen molar-refractivity contribution in [3.05, 3.63) is 163 Å². The first-order valence-electron chi connectivity index (χ1n) is 19.4. The molecule has 20 heteroatoms. The van der Waals surface area contributed by atoms with E-state index >= 15 is 0 Å².